The van der Waals surface area contributed by atoms with Gasteiger partial charge < -0.3 is 18.5 Å². The van der Waals surface area contributed by atoms with Crippen molar-refractivity contribution in [3.05, 3.63) is 164 Å². The van der Waals surface area contributed by atoms with Crippen LogP contribution < -0.4 is 9.47 Å². The highest BCUT2D eigenvalue weighted by atomic mass is 16.5. The minimum absolute atomic E-state index is 0.125. The van der Waals surface area contributed by atoms with E-state index in [0.29, 0.717) is 17.3 Å². The number of hydrogen-bond acceptors (Lipinski definition) is 7. The van der Waals surface area contributed by atoms with E-state index in [0.717, 1.165) is 55.5 Å². The molecule has 8 nitrogen and oxygen atoms in total. The largest absolute Gasteiger partial charge is 0.454 e. The van der Waals surface area contributed by atoms with Crippen molar-refractivity contribution >= 4 is 43.7 Å². The van der Waals surface area contributed by atoms with Gasteiger partial charge in [0.1, 0.15) is 22.8 Å². The van der Waals surface area contributed by atoms with Crippen molar-refractivity contribution in [1.29, 1.82) is 0 Å². The lowest BCUT2D eigenvalue weighted by atomic mass is 10.1. The van der Waals surface area contributed by atoms with E-state index in [-0.39, 0.29) is 12.0 Å². The van der Waals surface area contributed by atoms with Gasteiger partial charge in [-0.3, -0.25) is 4.98 Å². The van der Waals surface area contributed by atoms with Crippen molar-refractivity contribution in [1.82, 2.24) is 24.5 Å². The van der Waals surface area contributed by atoms with E-state index >= 15 is 0 Å². The average molecular weight is 674 g/mol. The van der Waals surface area contributed by atoms with Crippen LogP contribution in [0.25, 0.3) is 72.1 Å². The smallest absolute Gasteiger partial charge is 0.328 e. The molecule has 4 heterocycles. The highest BCUT2D eigenvalue weighted by Crippen LogP contribution is 2.38. The topological polar surface area (TPSA) is 88.1 Å². The number of para-hydroxylation sites is 4. The summed E-state index contributed by atoms with van der Waals surface area (Å²) >= 11 is 0. The first-order valence-corrected chi connectivity index (χ1v) is 16.9. The van der Waals surface area contributed by atoms with Crippen LogP contribution in [-0.4, -0.2) is 24.5 Å². The Bertz CT molecular complexity index is 2790. The predicted octanol–water partition coefficient (Wildman–Crippen LogP) is 11.2. The molecule has 0 fully saturated rings. The maximum Gasteiger partial charge on any atom is 0.328 e. The zero-order valence-electron chi connectivity index (χ0n) is 27.5. The quantitative estimate of drug-likeness (QED) is 0.166. The summed E-state index contributed by atoms with van der Waals surface area (Å²) in [6.07, 6.45) is 1.83. The summed E-state index contributed by atoms with van der Waals surface area (Å²) in [5, 5.41) is 4.47. The van der Waals surface area contributed by atoms with Crippen molar-refractivity contribution in [2.75, 3.05) is 0 Å². The fourth-order valence-electron chi connectivity index (χ4n) is 6.76. The van der Waals surface area contributed by atoms with E-state index in [1.54, 1.807) is 0 Å². The number of nitrogens with zero attached hydrogens (tertiary/aromatic N) is 5. The monoisotopic (exact) mass is 673 g/mol. The van der Waals surface area contributed by atoms with Gasteiger partial charge in [0.25, 0.3) is 0 Å². The molecule has 4 aromatic heterocycles. The number of aromatic nitrogens is 5. The molecule has 0 spiro atoms. The molecule has 0 atom stereocenters. The third kappa shape index (κ3) is 5.18. The molecular formula is C44H27N5O3. The van der Waals surface area contributed by atoms with Gasteiger partial charge in [-0.2, -0.15) is 9.97 Å². The van der Waals surface area contributed by atoms with Gasteiger partial charge in [0.2, 0.25) is 0 Å². The predicted molar refractivity (Wildman–Crippen MR) is 203 cm³/mol. The number of hydrogen-bond donors (Lipinski definition) is 0. The maximum absolute atomic E-state index is 6.51. The molecule has 6 aromatic carbocycles. The first-order valence-electron chi connectivity index (χ1n) is 16.9. The van der Waals surface area contributed by atoms with Gasteiger partial charge >= 0.3 is 12.0 Å². The molecule has 0 unspecified atom stereocenters. The molecule has 8 heteroatoms. The molecule has 10 aromatic rings. The maximum atomic E-state index is 6.51. The molecule has 0 amide bonds. The number of rotatable bonds is 7. The second-order valence-electron chi connectivity index (χ2n) is 12.3. The number of fused-ring (bicyclic) bond motifs is 6. The molecule has 0 aliphatic heterocycles. The van der Waals surface area contributed by atoms with E-state index in [1.165, 1.54) is 10.8 Å². The lowest BCUT2D eigenvalue weighted by Crippen LogP contribution is -2.01. The Morgan fingerprint density at radius 2 is 1.06 bits per heavy atom. The Hall–Kier alpha value is -7.32. The summed E-state index contributed by atoms with van der Waals surface area (Å²) in [7, 11) is 0. The van der Waals surface area contributed by atoms with Crippen molar-refractivity contribution in [2.45, 2.75) is 0 Å². The standard InChI is InChI=1S/C44H27N5O3/c1-3-11-31(12-4-1)50-43-46-42(47-44(48-43)51-32-13-5-2-6-14-32)29-21-19-28(20-22-29)40-41-35(25-26-45-40)36-27-30(23-24-39(36)52-41)49-37-17-9-7-15-33(37)34-16-8-10-18-38(34)49/h1-27H. The highest BCUT2D eigenvalue weighted by Gasteiger charge is 2.18. The fourth-order valence-corrected chi connectivity index (χ4v) is 6.76. The first-order chi connectivity index (χ1) is 25.7. The van der Waals surface area contributed by atoms with Crippen LogP contribution in [0, 0.1) is 0 Å². The van der Waals surface area contributed by atoms with Gasteiger partial charge in [0.15, 0.2) is 11.4 Å². The Labute approximate surface area is 297 Å². The summed E-state index contributed by atoms with van der Waals surface area (Å²) in [5.41, 5.74) is 7.31. The lowest BCUT2D eigenvalue weighted by molar-refractivity contribution is 0.398. The molecule has 246 valence electrons. The van der Waals surface area contributed by atoms with Crippen LogP contribution in [-0.2, 0) is 0 Å². The minimum Gasteiger partial charge on any atom is -0.454 e. The Balaban J connectivity index is 1.03. The Kier molecular flexibility index (Phi) is 6.95. The average Bonchev–Trinajstić information content (AvgIpc) is 3.74. The first kappa shape index (κ1) is 29.6. The van der Waals surface area contributed by atoms with Gasteiger partial charge in [-0.25, -0.2) is 0 Å². The van der Waals surface area contributed by atoms with Crippen LogP contribution >= 0.6 is 0 Å². The molecule has 0 saturated heterocycles. The van der Waals surface area contributed by atoms with Gasteiger partial charge in [-0.15, -0.1) is 4.98 Å². The summed E-state index contributed by atoms with van der Waals surface area (Å²) in [4.78, 5) is 18.5. The summed E-state index contributed by atoms with van der Waals surface area (Å²) in [6.45, 7) is 0. The van der Waals surface area contributed by atoms with E-state index in [1.807, 2.05) is 103 Å². The third-order valence-corrected chi connectivity index (χ3v) is 9.12. The molecule has 0 aliphatic carbocycles. The van der Waals surface area contributed by atoms with E-state index < -0.39 is 0 Å². The van der Waals surface area contributed by atoms with E-state index in [4.69, 9.17) is 18.9 Å². The van der Waals surface area contributed by atoms with E-state index in [9.17, 15) is 0 Å². The second kappa shape index (κ2) is 12.2. The normalized spacial score (nSPS) is 11.5. The van der Waals surface area contributed by atoms with Crippen LogP contribution in [0.2, 0.25) is 0 Å². The zero-order chi connectivity index (χ0) is 34.4. The van der Waals surface area contributed by atoms with Crippen LogP contribution in [0.1, 0.15) is 0 Å². The molecule has 0 bridgehead atoms. The van der Waals surface area contributed by atoms with Crippen molar-refractivity contribution < 1.29 is 13.9 Å². The molecular weight excluding hydrogens is 647 g/mol. The number of pyridine rings is 1. The van der Waals surface area contributed by atoms with Crippen LogP contribution in [0.15, 0.2) is 168 Å². The van der Waals surface area contributed by atoms with Crippen molar-refractivity contribution in [3.63, 3.8) is 0 Å². The van der Waals surface area contributed by atoms with Crippen molar-refractivity contribution in [2.24, 2.45) is 0 Å². The molecule has 10 rings (SSSR count). The van der Waals surface area contributed by atoms with Crippen LogP contribution in [0.5, 0.6) is 23.5 Å². The minimum atomic E-state index is 0.125. The van der Waals surface area contributed by atoms with Gasteiger partial charge in [0, 0.05) is 44.6 Å². The highest BCUT2D eigenvalue weighted by molar-refractivity contribution is 6.11. The Morgan fingerprint density at radius 1 is 0.481 bits per heavy atom. The summed E-state index contributed by atoms with van der Waals surface area (Å²) < 4.78 is 20.8. The van der Waals surface area contributed by atoms with Crippen LogP contribution in [0.3, 0.4) is 0 Å². The SMILES string of the molecule is c1ccc(Oc2nc(Oc3ccccc3)nc(-c3ccc(-c4nccc5c4oc4ccc(-n6c7ccccc7c7ccccc76)cc45)cc3)n2)cc1. The second-order valence-corrected chi connectivity index (χ2v) is 12.3. The van der Waals surface area contributed by atoms with Gasteiger partial charge in [0.05, 0.1) is 11.0 Å². The number of furan rings is 1. The number of ether oxygens (including phenoxy) is 2. The summed E-state index contributed by atoms with van der Waals surface area (Å²) in [5.74, 6) is 1.62. The number of benzene rings is 6. The molecule has 0 radical (unpaired) electrons. The third-order valence-electron chi connectivity index (χ3n) is 9.12. The summed E-state index contributed by atoms with van der Waals surface area (Å²) in [6, 6.07) is 52.3. The molecule has 52 heavy (non-hydrogen) atoms. The zero-order valence-corrected chi connectivity index (χ0v) is 27.5. The van der Waals surface area contributed by atoms with Gasteiger partial charge in [-0.05, 0) is 60.7 Å². The molecule has 0 N–H and O–H groups in total. The van der Waals surface area contributed by atoms with Crippen LogP contribution in [0.4, 0.5) is 0 Å². The fraction of sp³-hybridized carbons (Fsp3) is 0. The Morgan fingerprint density at radius 3 is 1.69 bits per heavy atom. The molecule has 0 saturated carbocycles. The van der Waals surface area contributed by atoms with Crippen molar-refractivity contribution in [3.8, 4) is 51.9 Å². The lowest BCUT2D eigenvalue weighted by Gasteiger charge is -2.09. The van der Waals surface area contributed by atoms with E-state index in [2.05, 4.69) is 80.2 Å². The van der Waals surface area contributed by atoms with Gasteiger partial charge in [-0.1, -0.05) is 97.1 Å². The molecule has 0 aliphatic rings.